The van der Waals surface area contributed by atoms with Gasteiger partial charge in [-0.25, -0.2) is 13.2 Å². The number of carbonyl (C=O) groups excluding carboxylic acids is 1. The smallest absolute Gasteiger partial charge is 0.340 e. The van der Waals surface area contributed by atoms with E-state index < -0.39 is 21.5 Å². The van der Waals surface area contributed by atoms with Gasteiger partial charge in [0.1, 0.15) is 12.1 Å². The van der Waals surface area contributed by atoms with E-state index in [0.717, 1.165) is 19.4 Å². The van der Waals surface area contributed by atoms with Crippen molar-refractivity contribution in [3.05, 3.63) is 23.8 Å². The zero-order chi connectivity index (χ0) is 16.0. The molecular formula is C12H10N4O4S. The van der Waals surface area contributed by atoms with Gasteiger partial charge in [0.15, 0.2) is 9.84 Å². The van der Waals surface area contributed by atoms with Crippen molar-refractivity contribution in [3.8, 4) is 12.1 Å². The Kier molecular flexibility index (Phi) is 5.00. The minimum atomic E-state index is -3.50. The van der Waals surface area contributed by atoms with Crippen molar-refractivity contribution in [3.63, 3.8) is 0 Å². The number of rotatable bonds is 4. The Morgan fingerprint density at radius 2 is 1.95 bits per heavy atom. The second-order valence-corrected chi connectivity index (χ2v) is 5.78. The van der Waals surface area contributed by atoms with Crippen LogP contribution in [0, 0.1) is 22.7 Å². The minimum Gasteiger partial charge on any atom is -0.465 e. The summed E-state index contributed by atoms with van der Waals surface area (Å²) in [6.45, 7) is 0. The molecule has 1 aromatic rings. The molecular weight excluding hydrogens is 296 g/mol. The fourth-order valence-electron chi connectivity index (χ4n) is 1.32. The highest BCUT2D eigenvalue weighted by molar-refractivity contribution is 7.90. The number of nitrogens with one attached hydrogen (secondary N) is 1. The number of nitrogens with zero attached hydrogens (tertiary/aromatic N) is 3. The number of hydrazone groups is 1. The molecule has 0 heterocycles. The number of methoxy groups -OCH3 is 1. The average Bonchev–Trinajstić information content (AvgIpc) is 2.46. The van der Waals surface area contributed by atoms with Gasteiger partial charge in [0, 0.05) is 6.26 Å². The first-order valence-electron chi connectivity index (χ1n) is 5.39. The Morgan fingerprint density at radius 3 is 2.43 bits per heavy atom. The third kappa shape index (κ3) is 4.03. The lowest BCUT2D eigenvalue weighted by Gasteiger charge is -2.08. The van der Waals surface area contributed by atoms with E-state index in [1.54, 1.807) is 0 Å². The van der Waals surface area contributed by atoms with E-state index in [-0.39, 0.29) is 16.1 Å². The second-order valence-electron chi connectivity index (χ2n) is 3.77. The fraction of sp³-hybridized carbons (Fsp3) is 0.167. The maximum Gasteiger partial charge on any atom is 0.340 e. The van der Waals surface area contributed by atoms with Crippen LogP contribution in [0.25, 0.3) is 0 Å². The van der Waals surface area contributed by atoms with E-state index >= 15 is 0 Å². The first-order valence-corrected chi connectivity index (χ1v) is 7.29. The van der Waals surface area contributed by atoms with Crippen LogP contribution in [0.1, 0.15) is 10.4 Å². The molecule has 0 spiro atoms. The predicted octanol–water partition coefficient (Wildman–Crippen LogP) is 0.692. The summed E-state index contributed by atoms with van der Waals surface area (Å²) < 4.78 is 27.5. The lowest BCUT2D eigenvalue weighted by atomic mass is 10.2. The molecule has 0 saturated carbocycles. The van der Waals surface area contributed by atoms with Crippen molar-refractivity contribution in [1.29, 1.82) is 10.5 Å². The van der Waals surface area contributed by atoms with E-state index in [4.69, 9.17) is 10.5 Å². The number of benzene rings is 1. The zero-order valence-electron chi connectivity index (χ0n) is 11.1. The minimum absolute atomic E-state index is 0.0711. The second kappa shape index (κ2) is 6.50. The fourth-order valence-corrected chi connectivity index (χ4v) is 1.97. The SMILES string of the molecule is COC(=O)c1cc(S(C)(=O)=O)ccc1NN=C(C#N)C#N. The molecule has 0 aromatic heterocycles. The third-order valence-electron chi connectivity index (χ3n) is 2.32. The number of hydrogen-bond acceptors (Lipinski definition) is 8. The highest BCUT2D eigenvalue weighted by Gasteiger charge is 2.16. The normalized spacial score (nSPS) is 9.90. The van der Waals surface area contributed by atoms with Gasteiger partial charge in [-0.05, 0) is 18.2 Å². The van der Waals surface area contributed by atoms with Crippen LogP contribution in [0.4, 0.5) is 5.69 Å². The maximum atomic E-state index is 11.7. The van der Waals surface area contributed by atoms with E-state index in [0.29, 0.717) is 0 Å². The van der Waals surface area contributed by atoms with E-state index in [1.165, 1.54) is 24.3 Å². The number of hydrogen-bond donors (Lipinski definition) is 1. The molecule has 1 N–H and O–H groups in total. The number of ether oxygens (including phenoxy) is 1. The van der Waals surface area contributed by atoms with E-state index in [2.05, 4.69) is 15.3 Å². The Balaban J connectivity index is 3.34. The summed E-state index contributed by atoms with van der Waals surface area (Å²) in [6, 6.07) is 6.74. The number of anilines is 1. The summed E-state index contributed by atoms with van der Waals surface area (Å²) >= 11 is 0. The number of nitriles is 2. The van der Waals surface area contributed by atoms with Crippen molar-refractivity contribution in [2.45, 2.75) is 4.90 Å². The van der Waals surface area contributed by atoms with Gasteiger partial charge in [0.25, 0.3) is 0 Å². The molecule has 0 aliphatic rings. The molecule has 0 bridgehead atoms. The van der Waals surface area contributed by atoms with Gasteiger partial charge in [0.2, 0.25) is 5.71 Å². The third-order valence-corrected chi connectivity index (χ3v) is 3.43. The largest absolute Gasteiger partial charge is 0.465 e. The van der Waals surface area contributed by atoms with Crippen LogP contribution >= 0.6 is 0 Å². The highest BCUT2D eigenvalue weighted by atomic mass is 32.2. The van der Waals surface area contributed by atoms with Crippen molar-refractivity contribution < 1.29 is 17.9 Å². The van der Waals surface area contributed by atoms with Crippen LogP contribution in [0.2, 0.25) is 0 Å². The number of esters is 1. The molecule has 0 unspecified atom stereocenters. The number of carbonyl (C=O) groups is 1. The quantitative estimate of drug-likeness (QED) is 0.491. The molecule has 8 nitrogen and oxygen atoms in total. The Morgan fingerprint density at radius 1 is 1.33 bits per heavy atom. The molecule has 1 aromatic carbocycles. The van der Waals surface area contributed by atoms with Crippen LogP contribution in [0.3, 0.4) is 0 Å². The molecule has 0 atom stereocenters. The van der Waals surface area contributed by atoms with Gasteiger partial charge < -0.3 is 4.74 Å². The summed E-state index contributed by atoms with van der Waals surface area (Å²) in [7, 11) is -2.36. The molecule has 0 aliphatic heterocycles. The van der Waals surface area contributed by atoms with Crippen LogP contribution in [-0.4, -0.2) is 33.5 Å². The Hall–Kier alpha value is -2.91. The summed E-state index contributed by atoms with van der Waals surface area (Å²) in [5.41, 5.74) is 1.93. The molecule has 9 heteroatoms. The monoisotopic (exact) mass is 306 g/mol. The zero-order valence-corrected chi connectivity index (χ0v) is 11.9. The summed E-state index contributed by atoms with van der Waals surface area (Å²) in [4.78, 5) is 11.6. The van der Waals surface area contributed by atoms with Gasteiger partial charge >= 0.3 is 5.97 Å². The van der Waals surface area contributed by atoms with E-state index in [1.807, 2.05) is 0 Å². The van der Waals surface area contributed by atoms with Crippen LogP contribution < -0.4 is 5.43 Å². The molecule has 0 radical (unpaired) electrons. The first-order chi connectivity index (χ1) is 9.83. The van der Waals surface area contributed by atoms with Gasteiger partial charge in [-0.2, -0.15) is 15.6 Å². The average molecular weight is 306 g/mol. The molecule has 1 rings (SSSR count). The Labute approximate surface area is 121 Å². The lowest BCUT2D eigenvalue weighted by Crippen LogP contribution is -2.08. The standard InChI is InChI=1S/C12H10N4O4S/c1-20-12(17)10-5-9(21(2,18)19)3-4-11(10)16-15-8(6-13)7-14/h3-5,16H,1-2H3. The van der Waals surface area contributed by atoms with Crippen molar-refractivity contribution >= 4 is 27.2 Å². The molecule has 0 aliphatic carbocycles. The van der Waals surface area contributed by atoms with Gasteiger partial charge in [-0.1, -0.05) is 0 Å². The molecule has 0 fully saturated rings. The molecule has 108 valence electrons. The summed E-state index contributed by atoms with van der Waals surface area (Å²) in [5.74, 6) is -0.784. The molecule has 0 saturated heterocycles. The van der Waals surface area contributed by atoms with Gasteiger partial charge in [0.05, 0.1) is 23.3 Å². The van der Waals surface area contributed by atoms with Crippen LogP contribution in [0.15, 0.2) is 28.2 Å². The number of sulfone groups is 1. The highest BCUT2D eigenvalue weighted by Crippen LogP contribution is 2.21. The maximum absolute atomic E-state index is 11.7. The molecule has 0 amide bonds. The van der Waals surface area contributed by atoms with Gasteiger partial charge in [-0.3, -0.25) is 5.43 Å². The van der Waals surface area contributed by atoms with Gasteiger partial charge in [-0.15, -0.1) is 0 Å². The molecule has 21 heavy (non-hydrogen) atoms. The van der Waals surface area contributed by atoms with Crippen molar-refractivity contribution in [2.24, 2.45) is 5.10 Å². The van der Waals surface area contributed by atoms with Crippen LogP contribution in [-0.2, 0) is 14.6 Å². The Bertz CT molecular complexity index is 768. The summed E-state index contributed by atoms with van der Waals surface area (Å²) in [6.07, 6.45) is 0.998. The van der Waals surface area contributed by atoms with Crippen molar-refractivity contribution in [1.82, 2.24) is 0 Å². The first kappa shape index (κ1) is 16.1. The lowest BCUT2D eigenvalue weighted by molar-refractivity contribution is 0.0601. The van der Waals surface area contributed by atoms with Crippen molar-refractivity contribution in [2.75, 3.05) is 18.8 Å². The summed E-state index contributed by atoms with van der Waals surface area (Å²) in [5, 5.41) is 20.6. The van der Waals surface area contributed by atoms with Crippen LogP contribution in [0.5, 0.6) is 0 Å². The van der Waals surface area contributed by atoms with E-state index in [9.17, 15) is 13.2 Å². The predicted molar refractivity (Wildman–Crippen MR) is 73.2 cm³/mol. The topological polar surface area (TPSA) is 132 Å².